The van der Waals surface area contributed by atoms with E-state index >= 15 is 0 Å². The second-order valence-electron chi connectivity index (χ2n) is 5.46. The minimum absolute atomic E-state index is 0.102. The standard InChI is InChI=1S/C19H19NO2S/c1-13-18(19(21)23-12-14-7-5-4-6-8-14)16-11-15(22-3)9-10-17(16)20(13)2/h4-11H,12H2,1-3H3. The van der Waals surface area contributed by atoms with E-state index < -0.39 is 0 Å². The number of carbonyl (C=O) groups is 1. The lowest BCUT2D eigenvalue weighted by molar-refractivity contribution is 0.108. The summed E-state index contributed by atoms with van der Waals surface area (Å²) in [5, 5.41) is 1.06. The molecule has 0 atom stereocenters. The molecule has 4 heteroatoms. The van der Waals surface area contributed by atoms with Crippen LogP contribution in [-0.4, -0.2) is 16.8 Å². The smallest absolute Gasteiger partial charge is 0.222 e. The van der Waals surface area contributed by atoms with Gasteiger partial charge in [-0.15, -0.1) is 0 Å². The fraction of sp³-hybridized carbons (Fsp3) is 0.211. The second kappa shape index (κ2) is 6.50. The quantitative estimate of drug-likeness (QED) is 0.704. The zero-order chi connectivity index (χ0) is 16.4. The van der Waals surface area contributed by atoms with Gasteiger partial charge in [-0.25, -0.2) is 0 Å². The highest BCUT2D eigenvalue weighted by Crippen LogP contribution is 2.32. The first-order chi connectivity index (χ1) is 11.1. The van der Waals surface area contributed by atoms with Crippen LogP contribution in [0.1, 0.15) is 21.6 Å². The van der Waals surface area contributed by atoms with Crippen molar-refractivity contribution in [3.8, 4) is 5.75 Å². The lowest BCUT2D eigenvalue weighted by Crippen LogP contribution is -1.98. The maximum atomic E-state index is 12.8. The number of nitrogens with zero attached hydrogens (tertiary/aromatic N) is 1. The van der Waals surface area contributed by atoms with E-state index in [1.165, 1.54) is 11.8 Å². The summed E-state index contributed by atoms with van der Waals surface area (Å²) in [5.41, 5.74) is 3.97. The molecule has 0 unspecified atom stereocenters. The molecule has 0 N–H and O–H groups in total. The molecular weight excluding hydrogens is 306 g/mol. The predicted octanol–water partition coefficient (Wildman–Crippen LogP) is 4.57. The minimum Gasteiger partial charge on any atom is -0.497 e. The number of methoxy groups -OCH3 is 1. The number of aryl methyl sites for hydroxylation is 1. The lowest BCUT2D eigenvalue weighted by Gasteiger charge is -2.03. The van der Waals surface area contributed by atoms with Crippen LogP contribution < -0.4 is 4.74 Å². The van der Waals surface area contributed by atoms with Gasteiger partial charge in [-0.3, -0.25) is 4.79 Å². The van der Waals surface area contributed by atoms with Crippen LogP contribution in [0.3, 0.4) is 0 Å². The van der Waals surface area contributed by atoms with Crippen molar-refractivity contribution in [2.75, 3.05) is 7.11 Å². The van der Waals surface area contributed by atoms with Gasteiger partial charge >= 0.3 is 0 Å². The number of hydrogen-bond acceptors (Lipinski definition) is 3. The van der Waals surface area contributed by atoms with E-state index in [1.54, 1.807) is 7.11 Å². The van der Waals surface area contributed by atoms with Gasteiger partial charge in [0.1, 0.15) is 5.75 Å². The summed E-state index contributed by atoms with van der Waals surface area (Å²) >= 11 is 1.35. The van der Waals surface area contributed by atoms with Gasteiger partial charge in [-0.2, -0.15) is 0 Å². The molecule has 0 radical (unpaired) electrons. The van der Waals surface area contributed by atoms with Crippen molar-refractivity contribution in [2.45, 2.75) is 12.7 Å². The monoisotopic (exact) mass is 325 g/mol. The molecule has 1 heterocycles. The predicted molar refractivity (Wildman–Crippen MR) is 96.3 cm³/mol. The van der Waals surface area contributed by atoms with Crippen molar-refractivity contribution >= 4 is 27.8 Å². The first-order valence-corrected chi connectivity index (χ1v) is 8.44. The number of hydrogen-bond donors (Lipinski definition) is 0. The Morgan fingerprint density at radius 2 is 1.91 bits per heavy atom. The Kier molecular flexibility index (Phi) is 4.44. The SMILES string of the molecule is COc1ccc2c(c1)c(C(=O)SCc1ccccc1)c(C)n2C. The summed E-state index contributed by atoms with van der Waals surface area (Å²) in [7, 11) is 3.63. The number of benzene rings is 2. The van der Waals surface area contributed by atoms with E-state index in [9.17, 15) is 4.79 Å². The van der Waals surface area contributed by atoms with Crippen molar-refractivity contribution in [1.82, 2.24) is 4.57 Å². The molecule has 118 valence electrons. The van der Waals surface area contributed by atoms with E-state index in [0.717, 1.165) is 33.5 Å². The van der Waals surface area contributed by atoms with Gasteiger partial charge in [-0.1, -0.05) is 42.1 Å². The highest BCUT2D eigenvalue weighted by molar-refractivity contribution is 8.13. The summed E-state index contributed by atoms with van der Waals surface area (Å²) in [6.45, 7) is 1.99. The maximum absolute atomic E-state index is 12.8. The van der Waals surface area contributed by atoms with Gasteiger partial charge in [0, 0.05) is 29.4 Å². The Balaban J connectivity index is 1.94. The molecule has 23 heavy (non-hydrogen) atoms. The van der Waals surface area contributed by atoms with E-state index in [0.29, 0.717) is 5.75 Å². The third kappa shape index (κ3) is 2.99. The molecule has 0 bridgehead atoms. The number of thioether (sulfide) groups is 1. The molecule has 0 aliphatic heterocycles. The van der Waals surface area contributed by atoms with Crippen LogP contribution >= 0.6 is 11.8 Å². The summed E-state index contributed by atoms with van der Waals surface area (Å²) in [6.07, 6.45) is 0. The highest BCUT2D eigenvalue weighted by Gasteiger charge is 2.19. The molecule has 3 nitrogen and oxygen atoms in total. The van der Waals surface area contributed by atoms with Gasteiger partial charge < -0.3 is 9.30 Å². The van der Waals surface area contributed by atoms with Gasteiger partial charge in [0.05, 0.1) is 12.7 Å². The minimum atomic E-state index is 0.102. The molecule has 0 aliphatic rings. The molecule has 3 rings (SSSR count). The molecule has 0 saturated heterocycles. The summed E-state index contributed by atoms with van der Waals surface area (Å²) in [4.78, 5) is 12.8. The number of aromatic nitrogens is 1. The van der Waals surface area contributed by atoms with Crippen LogP contribution in [0.15, 0.2) is 48.5 Å². The number of carbonyl (C=O) groups excluding carboxylic acids is 1. The molecule has 0 amide bonds. The molecule has 3 aromatic rings. The average Bonchev–Trinajstić information content (AvgIpc) is 2.84. The highest BCUT2D eigenvalue weighted by atomic mass is 32.2. The summed E-state index contributed by atoms with van der Waals surface area (Å²) in [5.74, 6) is 1.45. The first kappa shape index (κ1) is 15.7. The van der Waals surface area contributed by atoms with Gasteiger partial charge in [-0.05, 0) is 30.7 Å². The van der Waals surface area contributed by atoms with Crippen molar-refractivity contribution in [2.24, 2.45) is 7.05 Å². The average molecular weight is 325 g/mol. The van der Waals surface area contributed by atoms with Crippen molar-refractivity contribution in [3.63, 3.8) is 0 Å². The van der Waals surface area contributed by atoms with Gasteiger partial charge in [0.2, 0.25) is 5.12 Å². The van der Waals surface area contributed by atoms with Crippen LogP contribution in [-0.2, 0) is 12.8 Å². The third-order valence-corrected chi connectivity index (χ3v) is 5.06. The molecule has 1 aromatic heterocycles. The topological polar surface area (TPSA) is 31.2 Å². The van der Waals surface area contributed by atoms with Crippen LogP contribution in [0.2, 0.25) is 0 Å². The molecule has 0 saturated carbocycles. The maximum Gasteiger partial charge on any atom is 0.222 e. The van der Waals surface area contributed by atoms with E-state index in [4.69, 9.17) is 4.74 Å². The van der Waals surface area contributed by atoms with Crippen LogP contribution in [0.5, 0.6) is 5.75 Å². The van der Waals surface area contributed by atoms with Gasteiger partial charge in [0.15, 0.2) is 0 Å². The van der Waals surface area contributed by atoms with Crippen molar-refractivity contribution < 1.29 is 9.53 Å². The van der Waals surface area contributed by atoms with Crippen molar-refractivity contribution in [3.05, 3.63) is 65.4 Å². The number of rotatable bonds is 4. The summed E-state index contributed by atoms with van der Waals surface area (Å²) in [6, 6.07) is 15.9. The lowest BCUT2D eigenvalue weighted by atomic mass is 10.1. The molecule has 0 fully saturated rings. The Morgan fingerprint density at radius 1 is 1.17 bits per heavy atom. The summed E-state index contributed by atoms with van der Waals surface area (Å²) < 4.78 is 7.37. The van der Waals surface area contributed by atoms with Gasteiger partial charge in [0.25, 0.3) is 0 Å². The van der Waals surface area contributed by atoms with Crippen LogP contribution in [0.4, 0.5) is 0 Å². The molecule has 0 aliphatic carbocycles. The normalized spacial score (nSPS) is 10.9. The zero-order valence-corrected chi connectivity index (χ0v) is 14.3. The number of fused-ring (bicyclic) bond motifs is 1. The number of ether oxygens (including phenoxy) is 1. The Hall–Kier alpha value is -2.20. The molecular formula is C19H19NO2S. The van der Waals surface area contributed by atoms with Crippen LogP contribution in [0, 0.1) is 6.92 Å². The third-order valence-electron chi connectivity index (χ3n) is 4.12. The fourth-order valence-corrected chi connectivity index (χ4v) is 3.62. The van der Waals surface area contributed by atoms with E-state index in [1.807, 2.05) is 62.5 Å². The zero-order valence-electron chi connectivity index (χ0n) is 13.5. The largest absolute Gasteiger partial charge is 0.497 e. The van der Waals surface area contributed by atoms with Crippen molar-refractivity contribution in [1.29, 1.82) is 0 Å². The van der Waals surface area contributed by atoms with E-state index in [-0.39, 0.29) is 5.12 Å². The molecule has 2 aromatic carbocycles. The van der Waals surface area contributed by atoms with E-state index in [2.05, 4.69) is 4.57 Å². The first-order valence-electron chi connectivity index (χ1n) is 7.46. The van der Waals surface area contributed by atoms with Crippen LogP contribution in [0.25, 0.3) is 10.9 Å². The Bertz CT molecular complexity index is 853. The Morgan fingerprint density at radius 3 is 2.61 bits per heavy atom. The Labute approximate surface area is 140 Å². The fourth-order valence-electron chi connectivity index (χ4n) is 2.73. The second-order valence-corrected chi connectivity index (χ2v) is 6.41. The molecule has 0 spiro atoms.